The molecule has 0 radical (unpaired) electrons. The van der Waals surface area contributed by atoms with Crippen LogP contribution in [-0.2, 0) is 27.9 Å². The lowest BCUT2D eigenvalue weighted by molar-refractivity contribution is -0.121. The lowest BCUT2D eigenvalue weighted by Gasteiger charge is -2.30. The molecule has 174 valence electrons. The van der Waals surface area contributed by atoms with E-state index in [-0.39, 0.29) is 23.8 Å². The molecule has 0 unspecified atom stereocenters. The van der Waals surface area contributed by atoms with Gasteiger partial charge >= 0.3 is 0 Å². The van der Waals surface area contributed by atoms with Gasteiger partial charge in [-0.05, 0) is 68.5 Å². The molecule has 1 amide bonds. The standard InChI is InChI=1S/C25H35N3O3S/c1-19-11-14-28(15-12-19)18-23-7-5-22(6-8-23)17-26-25(29)10-13-27-32(30,31)24-9-4-20(2)16-21(24)3/h4-9,16,19,27H,10-15,17-18H2,1-3H3,(H,26,29). The molecule has 0 aliphatic carbocycles. The van der Waals surface area contributed by atoms with Crippen molar-refractivity contribution in [3.05, 3.63) is 64.7 Å². The maximum Gasteiger partial charge on any atom is 0.240 e. The zero-order chi connectivity index (χ0) is 23.1. The number of carbonyl (C=O) groups is 1. The Morgan fingerprint density at radius 3 is 2.34 bits per heavy atom. The van der Waals surface area contributed by atoms with Crippen molar-refractivity contribution < 1.29 is 13.2 Å². The minimum atomic E-state index is -3.62. The molecule has 3 rings (SSSR count). The van der Waals surface area contributed by atoms with Crippen LogP contribution in [0, 0.1) is 19.8 Å². The van der Waals surface area contributed by atoms with Gasteiger partial charge in [-0.25, -0.2) is 13.1 Å². The third kappa shape index (κ3) is 7.15. The van der Waals surface area contributed by atoms with Crippen molar-refractivity contribution in [2.45, 2.75) is 58.0 Å². The number of aryl methyl sites for hydroxylation is 2. The first-order valence-electron chi connectivity index (χ1n) is 11.4. The van der Waals surface area contributed by atoms with Crippen LogP contribution in [0.2, 0.25) is 0 Å². The van der Waals surface area contributed by atoms with Gasteiger partial charge in [-0.3, -0.25) is 9.69 Å². The molecule has 7 heteroatoms. The minimum Gasteiger partial charge on any atom is -0.352 e. The maximum absolute atomic E-state index is 12.5. The molecule has 0 aromatic heterocycles. The van der Waals surface area contributed by atoms with Crippen LogP contribution in [0.1, 0.15) is 48.4 Å². The van der Waals surface area contributed by atoms with Crippen LogP contribution in [0.5, 0.6) is 0 Å². The molecule has 32 heavy (non-hydrogen) atoms. The monoisotopic (exact) mass is 457 g/mol. The van der Waals surface area contributed by atoms with E-state index < -0.39 is 10.0 Å². The largest absolute Gasteiger partial charge is 0.352 e. The minimum absolute atomic E-state index is 0.0644. The van der Waals surface area contributed by atoms with Crippen molar-refractivity contribution in [3.8, 4) is 0 Å². The van der Waals surface area contributed by atoms with Crippen molar-refractivity contribution in [1.82, 2.24) is 14.9 Å². The smallest absolute Gasteiger partial charge is 0.240 e. The first-order valence-corrected chi connectivity index (χ1v) is 12.8. The van der Waals surface area contributed by atoms with Crippen molar-refractivity contribution in [3.63, 3.8) is 0 Å². The summed E-state index contributed by atoms with van der Waals surface area (Å²) in [7, 11) is -3.62. The highest BCUT2D eigenvalue weighted by Gasteiger charge is 2.17. The molecule has 0 bridgehead atoms. The Kier molecular flexibility index (Phi) is 8.45. The highest BCUT2D eigenvalue weighted by Crippen LogP contribution is 2.18. The molecule has 2 N–H and O–H groups in total. The summed E-state index contributed by atoms with van der Waals surface area (Å²) in [6.07, 6.45) is 2.63. The second-order valence-electron chi connectivity index (χ2n) is 8.97. The zero-order valence-corrected chi connectivity index (χ0v) is 20.2. The second kappa shape index (κ2) is 11.1. The number of hydrogen-bond acceptors (Lipinski definition) is 4. The Morgan fingerprint density at radius 1 is 1.03 bits per heavy atom. The predicted octanol–water partition coefficient (Wildman–Crippen LogP) is 3.52. The number of amides is 1. The summed E-state index contributed by atoms with van der Waals surface area (Å²) >= 11 is 0. The van der Waals surface area contributed by atoms with Crippen molar-refractivity contribution in [1.29, 1.82) is 0 Å². The van der Waals surface area contributed by atoms with Crippen molar-refractivity contribution >= 4 is 15.9 Å². The fourth-order valence-corrected chi connectivity index (χ4v) is 5.26. The van der Waals surface area contributed by atoms with Crippen LogP contribution in [0.25, 0.3) is 0 Å². The van der Waals surface area contributed by atoms with Crippen LogP contribution in [0.15, 0.2) is 47.4 Å². The number of nitrogens with one attached hydrogen (secondary N) is 2. The Balaban J connectivity index is 1.40. The average molecular weight is 458 g/mol. The molecule has 0 saturated carbocycles. The van der Waals surface area contributed by atoms with Gasteiger partial charge in [0.05, 0.1) is 4.90 Å². The van der Waals surface area contributed by atoms with Crippen molar-refractivity contribution in [2.75, 3.05) is 19.6 Å². The van der Waals surface area contributed by atoms with Gasteiger partial charge in [0.15, 0.2) is 0 Å². The summed E-state index contributed by atoms with van der Waals surface area (Å²) in [6, 6.07) is 13.5. The van der Waals surface area contributed by atoms with E-state index in [1.54, 1.807) is 19.1 Å². The van der Waals surface area contributed by atoms with E-state index in [9.17, 15) is 13.2 Å². The number of sulfonamides is 1. The Labute approximate surface area is 192 Å². The van der Waals surface area contributed by atoms with E-state index in [4.69, 9.17) is 0 Å². The third-order valence-electron chi connectivity index (χ3n) is 6.06. The van der Waals surface area contributed by atoms with Crippen LogP contribution in [0.4, 0.5) is 0 Å². The quantitative estimate of drug-likeness (QED) is 0.604. The number of rotatable bonds is 9. The van der Waals surface area contributed by atoms with E-state index in [1.165, 1.54) is 18.4 Å². The number of benzene rings is 2. The zero-order valence-electron chi connectivity index (χ0n) is 19.4. The summed E-state index contributed by atoms with van der Waals surface area (Å²) in [5.74, 6) is 0.652. The summed E-state index contributed by atoms with van der Waals surface area (Å²) in [6.45, 7) is 9.80. The van der Waals surface area contributed by atoms with Crippen LogP contribution < -0.4 is 10.0 Å². The molecule has 6 nitrogen and oxygen atoms in total. The highest BCUT2D eigenvalue weighted by molar-refractivity contribution is 7.89. The van der Waals surface area contributed by atoms with Gasteiger partial charge in [-0.15, -0.1) is 0 Å². The third-order valence-corrected chi connectivity index (χ3v) is 7.68. The molecular weight excluding hydrogens is 422 g/mol. The van der Waals surface area contributed by atoms with Gasteiger partial charge < -0.3 is 5.32 Å². The van der Waals surface area contributed by atoms with E-state index in [0.29, 0.717) is 12.1 Å². The van der Waals surface area contributed by atoms with Crippen LogP contribution in [0.3, 0.4) is 0 Å². The molecule has 0 atom stereocenters. The van der Waals surface area contributed by atoms with Crippen LogP contribution >= 0.6 is 0 Å². The molecule has 2 aromatic rings. The van der Waals surface area contributed by atoms with Gasteiger partial charge in [0.25, 0.3) is 0 Å². The molecule has 1 fully saturated rings. The van der Waals surface area contributed by atoms with Gasteiger partial charge in [0.1, 0.15) is 0 Å². The highest BCUT2D eigenvalue weighted by atomic mass is 32.2. The summed E-state index contributed by atoms with van der Waals surface area (Å²) in [4.78, 5) is 14.9. The van der Waals surface area contributed by atoms with E-state index in [1.807, 2.05) is 25.1 Å². The van der Waals surface area contributed by atoms with Crippen LogP contribution in [-0.4, -0.2) is 38.9 Å². The predicted molar refractivity (Wildman–Crippen MR) is 128 cm³/mol. The van der Waals surface area contributed by atoms with Gasteiger partial charge in [0, 0.05) is 26.1 Å². The Morgan fingerprint density at radius 2 is 1.69 bits per heavy atom. The van der Waals surface area contributed by atoms with Gasteiger partial charge in [-0.1, -0.05) is 48.9 Å². The molecule has 1 saturated heterocycles. The lowest BCUT2D eigenvalue weighted by atomic mass is 9.99. The van der Waals surface area contributed by atoms with Gasteiger partial charge in [-0.2, -0.15) is 0 Å². The normalized spacial score (nSPS) is 15.6. The Hall–Kier alpha value is -2.22. The van der Waals surface area contributed by atoms with Crippen molar-refractivity contribution in [2.24, 2.45) is 5.92 Å². The molecule has 1 aliphatic rings. The molecule has 0 spiro atoms. The summed E-state index contributed by atoms with van der Waals surface area (Å²) < 4.78 is 27.5. The first kappa shape index (κ1) is 24.4. The maximum atomic E-state index is 12.5. The van der Waals surface area contributed by atoms with E-state index >= 15 is 0 Å². The lowest BCUT2D eigenvalue weighted by Crippen LogP contribution is -2.32. The fourth-order valence-electron chi connectivity index (χ4n) is 4.01. The molecular formula is C25H35N3O3S. The molecule has 1 heterocycles. The SMILES string of the molecule is Cc1ccc(S(=O)(=O)NCCC(=O)NCc2ccc(CN3CCC(C)CC3)cc2)c(C)c1. The summed E-state index contributed by atoms with van der Waals surface area (Å²) in [5.41, 5.74) is 4.02. The number of hydrogen-bond donors (Lipinski definition) is 2. The average Bonchev–Trinajstić information content (AvgIpc) is 2.74. The number of likely N-dealkylation sites (tertiary alicyclic amines) is 1. The second-order valence-corrected chi connectivity index (χ2v) is 10.7. The Bertz CT molecular complexity index is 1010. The van der Waals surface area contributed by atoms with E-state index in [2.05, 4.69) is 34.0 Å². The number of carbonyl (C=O) groups excluding carboxylic acids is 1. The van der Waals surface area contributed by atoms with Gasteiger partial charge in [0.2, 0.25) is 15.9 Å². The number of piperidine rings is 1. The summed E-state index contributed by atoms with van der Waals surface area (Å²) in [5, 5.41) is 2.87. The molecule has 2 aromatic carbocycles. The topological polar surface area (TPSA) is 78.5 Å². The first-order chi connectivity index (χ1) is 15.2. The number of nitrogens with zero attached hydrogens (tertiary/aromatic N) is 1. The fraction of sp³-hybridized carbons (Fsp3) is 0.480. The van der Waals surface area contributed by atoms with E-state index in [0.717, 1.165) is 36.7 Å². The molecule has 1 aliphatic heterocycles.